The molecule has 6 heteroatoms. The Morgan fingerprint density at radius 2 is 1.91 bits per heavy atom. The maximum absolute atomic E-state index is 12.0. The van der Waals surface area contributed by atoms with Gasteiger partial charge in [0.05, 0.1) is 22.6 Å². The van der Waals surface area contributed by atoms with Gasteiger partial charge in [-0.2, -0.15) is 0 Å². The predicted octanol–water partition coefficient (Wildman–Crippen LogP) is 5.51. The van der Waals surface area contributed by atoms with Gasteiger partial charge in [-0.25, -0.2) is 4.98 Å². The Morgan fingerprint density at radius 1 is 1.17 bits per heavy atom. The summed E-state index contributed by atoms with van der Waals surface area (Å²) < 4.78 is 0. The topological polar surface area (TPSA) is 54.0 Å². The minimum atomic E-state index is 0.0235. The Morgan fingerprint density at radius 3 is 2.52 bits per heavy atom. The highest BCUT2D eigenvalue weighted by molar-refractivity contribution is 6.35. The molecule has 0 spiro atoms. The zero-order valence-electron chi connectivity index (χ0n) is 13.1. The average molecular weight is 352 g/mol. The van der Waals surface area contributed by atoms with Crippen molar-refractivity contribution in [2.45, 2.75) is 26.7 Å². The first-order chi connectivity index (χ1) is 11.0. The summed E-state index contributed by atoms with van der Waals surface area (Å²) in [6.07, 6.45) is 3.26. The number of anilines is 3. The summed E-state index contributed by atoms with van der Waals surface area (Å²) in [5, 5.41) is 7.12. The lowest BCUT2D eigenvalue weighted by Crippen LogP contribution is -2.21. The minimum absolute atomic E-state index is 0.0235. The van der Waals surface area contributed by atoms with Gasteiger partial charge in [-0.1, -0.05) is 37.0 Å². The lowest BCUT2D eigenvalue weighted by Gasteiger charge is -2.13. The summed E-state index contributed by atoms with van der Waals surface area (Å²) in [5.41, 5.74) is 1.35. The van der Waals surface area contributed by atoms with Gasteiger partial charge in [0.15, 0.2) is 0 Å². The molecule has 122 valence electrons. The number of hydrogen-bond acceptors (Lipinski definition) is 3. The van der Waals surface area contributed by atoms with Gasteiger partial charge in [0.2, 0.25) is 5.91 Å². The Balaban J connectivity index is 2.05. The molecule has 0 aliphatic carbocycles. The van der Waals surface area contributed by atoms with Gasteiger partial charge >= 0.3 is 0 Å². The Labute approximate surface area is 146 Å². The third-order valence-corrected chi connectivity index (χ3v) is 4.14. The molecule has 0 aliphatic heterocycles. The van der Waals surface area contributed by atoms with E-state index in [0.717, 1.165) is 12.8 Å². The number of hydrogen-bond donors (Lipinski definition) is 2. The molecule has 0 saturated heterocycles. The van der Waals surface area contributed by atoms with Crippen LogP contribution >= 0.6 is 23.2 Å². The van der Waals surface area contributed by atoms with Crippen LogP contribution in [0.2, 0.25) is 10.0 Å². The molecule has 1 aromatic heterocycles. The molecule has 1 heterocycles. The monoisotopic (exact) mass is 351 g/mol. The first-order valence-electron chi connectivity index (χ1n) is 7.52. The van der Waals surface area contributed by atoms with Crippen LogP contribution in [0.15, 0.2) is 36.5 Å². The van der Waals surface area contributed by atoms with Crippen molar-refractivity contribution in [2.75, 3.05) is 10.6 Å². The number of carbonyl (C=O) groups is 1. The van der Waals surface area contributed by atoms with Crippen LogP contribution in [0, 0.1) is 5.92 Å². The van der Waals surface area contributed by atoms with Crippen LogP contribution in [0.4, 0.5) is 17.2 Å². The lowest BCUT2D eigenvalue weighted by atomic mass is 10.0. The first kappa shape index (κ1) is 17.6. The molecular formula is C17H19Cl2N3O. The number of halogens is 2. The lowest BCUT2D eigenvalue weighted by molar-refractivity contribution is -0.120. The van der Waals surface area contributed by atoms with E-state index in [4.69, 9.17) is 23.2 Å². The molecule has 0 fully saturated rings. The molecule has 0 radical (unpaired) electrons. The van der Waals surface area contributed by atoms with Gasteiger partial charge in [0.25, 0.3) is 0 Å². The Bertz CT molecular complexity index is 670. The SMILES string of the molecule is CCC(CC)C(=O)Nc1ccc(Nc2cc(Cl)ccc2Cl)nc1. The van der Waals surface area contributed by atoms with E-state index in [1.54, 1.807) is 36.5 Å². The summed E-state index contributed by atoms with van der Waals surface area (Å²) in [6.45, 7) is 4.02. The average Bonchev–Trinajstić information content (AvgIpc) is 2.54. The fraction of sp³-hybridized carbons (Fsp3) is 0.294. The van der Waals surface area contributed by atoms with Gasteiger partial charge in [-0.05, 0) is 43.2 Å². The molecule has 23 heavy (non-hydrogen) atoms. The van der Waals surface area contributed by atoms with E-state index >= 15 is 0 Å². The molecule has 1 aromatic carbocycles. The second kappa shape index (κ2) is 8.18. The van der Waals surface area contributed by atoms with Crippen LogP contribution < -0.4 is 10.6 Å². The molecule has 2 rings (SSSR count). The van der Waals surface area contributed by atoms with Crippen molar-refractivity contribution in [3.05, 3.63) is 46.6 Å². The summed E-state index contributed by atoms with van der Waals surface area (Å²) >= 11 is 12.1. The van der Waals surface area contributed by atoms with Gasteiger partial charge in [0.1, 0.15) is 5.82 Å². The number of aromatic nitrogens is 1. The van der Waals surface area contributed by atoms with Crippen molar-refractivity contribution in [2.24, 2.45) is 5.92 Å². The Hall–Kier alpha value is -1.78. The molecule has 2 N–H and O–H groups in total. The van der Waals surface area contributed by atoms with Crippen molar-refractivity contribution in [3.8, 4) is 0 Å². The zero-order chi connectivity index (χ0) is 16.8. The number of carbonyl (C=O) groups excluding carboxylic acids is 1. The molecule has 0 unspecified atom stereocenters. The van der Waals surface area contributed by atoms with Crippen molar-refractivity contribution in [3.63, 3.8) is 0 Å². The standard InChI is InChI=1S/C17H19Cl2N3O/c1-3-11(4-2)17(23)21-13-6-8-16(20-10-13)22-15-9-12(18)5-7-14(15)19/h5-11H,3-4H2,1-2H3,(H,20,22)(H,21,23). The maximum atomic E-state index is 12.0. The number of rotatable bonds is 6. The van der Waals surface area contributed by atoms with Gasteiger partial charge in [-0.15, -0.1) is 0 Å². The number of nitrogens with one attached hydrogen (secondary N) is 2. The highest BCUT2D eigenvalue weighted by Gasteiger charge is 2.14. The van der Waals surface area contributed by atoms with Crippen molar-refractivity contribution >= 4 is 46.3 Å². The highest BCUT2D eigenvalue weighted by atomic mass is 35.5. The summed E-state index contributed by atoms with van der Waals surface area (Å²) in [5.74, 6) is 0.670. The second-order valence-corrected chi connectivity index (χ2v) is 6.03. The van der Waals surface area contributed by atoms with E-state index < -0.39 is 0 Å². The Kier molecular flexibility index (Phi) is 6.25. The van der Waals surface area contributed by atoms with E-state index in [0.29, 0.717) is 27.2 Å². The molecule has 0 aliphatic rings. The van der Waals surface area contributed by atoms with Crippen LogP contribution in [0.3, 0.4) is 0 Å². The van der Waals surface area contributed by atoms with Gasteiger partial charge in [0, 0.05) is 10.9 Å². The van der Waals surface area contributed by atoms with Crippen LogP contribution in [0.5, 0.6) is 0 Å². The molecule has 2 aromatic rings. The highest BCUT2D eigenvalue weighted by Crippen LogP contribution is 2.28. The molecule has 0 bridgehead atoms. The number of benzene rings is 1. The summed E-state index contributed by atoms with van der Waals surface area (Å²) in [6, 6.07) is 8.75. The van der Waals surface area contributed by atoms with E-state index in [9.17, 15) is 4.79 Å². The van der Waals surface area contributed by atoms with Crippen LogP contribution in [0.25, 0.3) is 0 Å². The maximum Gasteiger partial charge on any atom is 0.227 e. The third kappa shape index (κ3) is 4.85. The molecular weight excluding hydrogens is 333 g/mol. The third-order valence-electron chi connectivity index (χ3n) is 3.58. The van der Waals surface area contributed by atoms with Crippen LogP contribution in [-0.2, 0) is 4.79 Å². The molecule has 4 nitrogen and oxygen atoms in total. The van der Waals surface area contributed by atoms with E-state index in [1.165, 1.54) is 0 Å². The quantitative estimate of drug-likeness (QED) is 0.721. The van der Waals surface area contributed by atoms with Crippen molar-refractivity contribution in [1.29, 1.82) is 0 Å². The number of amides is 1. The first-order valence-corrected chi connectivity index (χ1v) is 8.28. The second-order valence-electron chi connectivity index (χ2n) is 5.18. The fourth-order valence-corrected chi connectivity index (χ4v) is 2.51. The van der Waals surface area contributed by atoms with Gasteiger partial charge < -0.3 is 10.6 Å². The predicted molar refractivity (Wildman–Crippen MR) is 96.7 cm³/mol. The smallest absolute Gasteiger partial charge is 0.227 e. The largest absolute Gasteiger partial charge is 0.339 e. The summed E-state index contributed by atoms with van der Waals surface area (Å²) in [7, 11) is 0. The fourth-order valence-electron chi connectivity index (χ4n) is 2.18. The normalized spacial score (nSPS) is 10.7. The van der Waals surface area contributed by atoms with E-state index in [-0.39, 0.29) is 11.8 Å². The molecule has 1 amide bonds. The minimum Gasteiger partial charge on any atom is -0.339 e. The van der Waals surface area contributed by atoms with Gasteiger partial charge in [-0.3, -0.25) is 4.79 Å². The number of pyridine rings is 1. The molecule has 0 atom stereocenters. The summed E-state index contributed by atoms with van der Waals surface area (Å²) in [4.78, 5) is 16.3. The van der Waals surface area contributed by atoms with Crippen molar-refractivity contribution < 1.29 is 4.79 Å². The number of nitrogens with zero attached hydrogens (tertiary/aromatic N) is 1. The van der Waals surface area contributed by atoms with Crippen LogP contribution in [-0.4, -0.2) is 10.9 Å². The van der Waals surface area contributed by atoms with E-state index in [2.05, 4.69) is 15.6 Å². The van der Waals surface area contributed by atoms with Crippen LogP contribution in [0.1, 0.15) is 26.7 Å². The molecule has 0 saturated carbocycles. The zero-order valence-corrected chi connectivity index (χ0v) is 14.6. The van der Waals surface area contributed by atoms with Crippen molar-refractivity contribution in [1.82, 2.24) is 4.98 Å². The van der Waals surface area contributed by atoms with E-state index in [1.807, 2.05) is 13.8 Å².